The van der Waals surface area contributed by atoms with Crippen LogP contribution in [0.25, 0.3) is 0 Å². The van der Waals surface area contributed by atoms with Gasteiger partial charge in [-0.15, -0.1) is 12.4 Å². The Morgan fingerprint density at radius 3 is 2.82 bits per heavy atom. The zero-order chi connectivity index (χ0) is 14.7. The van der Waals surface area contributed by atoms with Gasteiger partial charge in [0, 0.05) is 13.1 Å². The molecule has 22 heavy (non-hydrogen) atoms. The molecule has 0 radical (unpaired) electrons. The second kappa shape index (κ2) is 7.98. The number of carbonyl (C=O) groups is 1. The first-order valence-electron chi connectivity index (χ1n) is 8.29. The molecule has 1 heterocycles. The van der Waals surface area contributed by atoms with Crippen molar-refractivity contribution in [2.45, 2.75) is 38.5 Å². The van der Waals surface area contributed by atoms with Crippen LogP contribution in [0.1, 0.15) is 36.0 Å². The number of hydrogen-bond donors (Lipinski definition) is 1. The molecule has 1 fully saturated rings. The van der Waals surface area contributed by atoms with Gasteiger partial charge >= 0.3 is 0 Å². The van der Waals surface area contributed by atoms with E-state index in [2.05, 4.69) is 23.5 Å². The summed E-state index contributed by atoms with van der Waals surface area (Å²) in [5.74, 6) is 0.923. The van der Waals surface area contributed by atoms with Crippen molar-refractivity contribution >= 4 is 18.3 Å². The van der Waals surface area contributed by atoms with Crippen molar-refractivity contribution in [2.24, 2.45) is 5.92 Å². The first-order chi connectivity index (χ1) is 10.3. The highest BCUT2D eigenvalue weighted by Crippen LogP contribution is 2.23. The Bertz CT molecular complexity index is 518. The van der Waals surface area contributed by atoms with Crippen molar-refractivity contribution in [2.75, 3.05) is 26.7 Å². The van der Waals surface area contributed by atoms with Crippen molar-refractivity contribution in [3.05, 3.63) is 34.9 Å². The lowest BCUT2D eigenvalue weighted by molar-refractivity contribution is -0.129. The maximum Gasteiger partial charge on any atom is 0.226 e. The molecule has 0 aromatic heterocycles. The van der Waals surface area contributed by atoms with E-state index in [4.69, 9.17) is 0 Å². The van der Waals surface area contributed by atoms with Crippen molar-refractivity contribution in [1.82, 2.24) is 10.2 Å². The summed E-state index contributed by atoms with van der Waals surface area (Å²) in [6.07, 6.45) is 6.71. The predicted octanol–water partition coefficient (Wildman–Crippen LogP) is 2.60. The van der Waals surface area contributed by atoms with Gasteiger partial charge in [-0.1, -0.05) is 18.2 Å². The van der Waals surface area contributed by atoms with Gasteiger partial charge in [-0.3, -0.25) is 4.79 Å². The molecule has 2 aliphatic rings. The van der Waals surface area contributed by atoms with Crippen molar-refractivity contribution < 1.29 is 4.79 Å². The fourth-order valence-electron chi connectivity index (χ4n) is 3.70. The molecule has 1 aliphatic heterocycles. The highest BCUT2D eigenvalue weighted by Gasteiger charge is 2.25. The van der Waals surface area contributed by atoms with Crippen LogP contribution >= 0.6 is 12.4 Å². The van der Waals surface area contributed by atoms with Crippen LogP contribution in [0, 0.1) is 5.92 Å². The van der Waals surface area contributed by atoms with E-state index in [1.165, 1.54) is 42.4 Å². The van der Waals surface area contributed by atoms with E-state index >= 15 is 0 Å². The van der Waals surface area contributed by atoms with Crippen LogP contribution in [0.15, 0.2) is 18.2 Å². The van der Waals surface area contributed by atoms with Crippen LogP contribution in [-0.4, -0.2) is 37.5 Å². The molecule has 1 aromatic rings. The Kier molecular flexibility index (Phi) is 6.27. The number of nitrogens with one attached hydrogen (secondary N) is 1. The van der Waals surface area contributed by atoms with E-state index in [9.17, 15) is 4.79 Å². The van der Waals surface area contributed by atoms with Gasteiger partial charge in [0.2, 0.25) is 5.91 Å². The molecular formula is C18H27ClN2O. The van der Waals surface area contributed by atoms with E-state index in [0.717, 1.165) is 26.1 Å². The summed E-state index contributed by atoms with van der Waals surface area (Å²) >= 11 is 0. The molecule has 1 unspecified atom stereocenters. The Morgan fingerprint density at radius 1 is 1.27 bits per heavy atom. The standard InChI is InChI=1S/C18H26N2O.ClH/c1-19-12-15-8-9-20(13-15)18(21)11-14-6-7-16-4-2-3-5-17(16)10-14;/h6-7,10,15,19H,2-5,8-9,11-13H2,1H3;1H. The lowest BCUT2D eigenvalue weighted by Gasteiger charge is -2.19. The van der Waals surface area contributed by atoms with Gasteiger partial charge in [0.05, 0.1) is 6.42 Å². The first-order valence-corrected chi connectivity index (χ1v) is 8.29. The molecule has 122 valence electrons. The van der Waals surface area contributed by atoms with Gasteiger partial charge in [-0.25, -0.2) is 0 Å². The minimum atomic E-state index is 0. The molecule has 1 aromatic carbocycles. The second-order valence-corrected chi connectivity index (χ2v) is 6.54. The third kappa shape index (κ3) is 4.02. The monoisotopic (exact) mass is 322 g/mol. The number of aryl methyl sites for hydroxylation is 2. The third-order valence-electron chi connectivity index (χ3n) is 4.90. The summed E-state index contributed by atoms with van der Waals surface area (Å²) in [4.78, 5) is 14.5. The average Bonchev–Trinajstić information content (AvgIpc) is 2.96. The molecule has 1 saturated heterocycles. The summed E-state index contributed by atoms with van der Waals surface area (Å²) in [7, 11) is 1.98. The lowest BCUT2D eigenvalue weighted by Crippen LogP contribution is -2.31. The summed E-state index contributed by atoms with van der Waals surface area (Å²) in [5.41, 5.74) is 4.16. The molecule has 4 heteroatoms. The summed E-state index contributed by atoms with van der Waals surface area (Å²) < 4.78 is 0. The minimum Gasteiger partial charge on any atom is -0.342 e. The van der Waals surface area contributed by atoms with Crippen LogP contribution in [0.3, 0.4) is 0 Å². The van der Waals surface area contributed by atoms with Crippen LogP contribution in [0.5, 0.6) is 0 Å². The maximum absolute atomic E-state index is 12.4. The number of nitrogens with zero attached hydrogens (tertiary/aromatic N) is 1. The Labute approximate surface area is 139 Å². The van der Waals surface area contributed by atoms with Crippen LogP contribution in [0.4, 0.5) is 0 Å². The number of carbonyl (C=O) groups excluding carboxylic acids is 1. The molecule has 1 atom stereocenters. The number of halogens is 1. The Morgan fingerprint density at radius 2 is 2.05 bits per heavy atom. The number of fused-ring (bicyclic) bond motifs is 1. The van der Waals surface area contributed by atoms with Crippen molar-refractivity contribution in [3.63, 3.8) is 0 Å². The molecule has 0 saturated carbocycles. The molecule has 3 rings (SSSR count). The van der Waals surface area contributed by atoms with E-state index in [-0.39, 0.29) is 12.4 Å². The smallest absolute Gasteiger partial charge is 0.226 e. The molecule has 1 N–H and O–H groups in total. The van der Waals surface area contributed by atoms with Gasteiger partial charge in [0.15, 0.2) is 0 Å². The molecule has 0 spiro atoms. The second-order valence-electron chi connectivity index (χ2n) is 6.54. The molecule has 1 aliphatic carbocycles. The minimum absolute atomic E-state index is 0. The maximum atomic E-state index is 12.4. The van der Waals surface area contributed by atoms with Crippen molar-refractivity contribution in [1.29, 1.82) is 0 Å². The van der Waals surface area contributed by atoms with E-state index < -0.39 is 0 Å². The highest BCUT2D eigenvalue weighted by molar-refractivity contribution is 5.85. The van der Waals surface area contributed by atoms with Gasteiger partial charge in [0.1, 0.15) is 0 Å². The molecule has 0 bridgehead atoms. The summed E-state index contributed by atoms with van der Waals surface area (Å²) in [5, 5.41) is 3.22. The lowest BCUT2D eigenvalue weighted by atomic mass is 9.90. The third-order valence-corrected chi connectivity index (χ3v) is 4.90. The zero-order valence-electron chi connectivity index (χ0n) is 13.4. The van der Waals surface area contributed by atoms with E-state index in [1.807, 2.05) is 11.9 Å². The van der Waals surface area contributed by atoms with Crippen LogP contribution in [0.2, 0.25) is 0 Å². The van der Waals surface area contributed by atoms with Crippen LogP contribution in [-0.2, 0) is 24.1 Å². The normalized spacial score (nSPS) is 20.4. The Balaban J connectivity index is 0.00000176. The zero-order valence-corrected chi connectivity index (χ0v) is 14.3. The number of likely N-dealkylation sites (tertiary alicyclic amines) is 1. The Hall–Kier alpha value is -1.06. The quantitative estimate of drug-likeness (QED) is 0.924. The number of rotatable bonds is 4. The molecule has 1 amide bonds. The number of hydrogen-bond acceptors (Lipinski definition) is 2. The van der Waals surface area contributed by atoms with E-state index in [0.29, 0.717) is 18.2 Å². The topological polar surface area (TPSA) is 32.3 Å². The largest absolute Gasteiger partial charge is 0.342 e. The van der Waals surface area contributed by atoms with Crippen molar-refractivity contribution in [3.8, 4) is 0 Å². The van der Waals surface area contributed by atoms with Gasteiger partial charge < -0.3 is 10.2 Å². The first kappa shape index (κ1) is 17.3. The highest BCUT2D eigenvalue weighted by atomic mass is 35.5. The fourth-order valence-corrected chi connectivity index (χ4v) is 3.70. The van der Waals surface area contributed by atoms with Gasteiger partial charge in [0.25, 0.3) is 0 Å². The van der Waals surface area contributed by atoms with Gasteiger partial charge in [-0.2, -0.15) is 0 Å². The number of amides is 1. The average molecular weight is 323 g/mol. The van der Waals surface area contributed by atoms with E-state index in [1.54, 1.807) is 0 Å². The SMILES string of the molecule is CNCC1CCN(C(=O)Cc2ccc3c(c2)CCCC3)C1.Cl. The summed E-state index contributed by atoms with van der Waals surface area (Å²) in [6.45, 7) is 2.86. The fraction of sp³-hybridized carbons (Fsp3) is 0.611. The molecule has 3 nitrogen and oxygen atoms in total. The summed E-state index contributed by atoms with van der Waals surface area (Å²) in [6, 6.07) is 6.67. The number of benzene rings is 1. The predicted molar refractivity (Wildman–Crippen MR) is 92.6 cm³/mol. The molecular weight excluding hydrogens is 296 g/mol. The van der Waals surface area contributed by atoms with Gasteiger partial charge in [-0.05, 0) is 68.3 Å². The van der Waals surface area contributed by atoms with Crippen LogP contribution < -0.4 is 5.32 Å².